The van der Waals surface area contributed by atoms with Crippen molar-refractivity contribution in [2.75, 3.05) is 0 Å². The van der Waals surface area contributed by atoms with Gasteiger partial charge >= 0.3 is 6.18 Å². The van der Waals surface area contributed by atoms with Crippen LogP contribution in [0.25, 0.3) is 11.1 Å². The summed E-state index contributed by atoms with van der Waals surface area (Å²) in [6, 6.07) is 7.44. The number of alkyl halides is 3. The average Bonchev–Trinajstić information content (AvgIpc) is 2.69. The van der Waals surface area contributed by atoms with Gasteiger partial charge in [-0.2, -0.15) is 13.2 Å². The lowest BCUT2D eigenvalue weighted by Gasteiger charge is -2.12. The molecule has 8 heteroatoms. The fourth-order valence-electron chi connectivity index (χ4n) is 3.51. The van der Waals surface area contributed by atoms with Crippen molar-refractivity contribution < 1.29 is 35.1 Å². The molecule has 0 nitrogen and oxygen atoms in total. The summed E-state index contributed by atoms with van der Waals surface area (Å²) < 4.78 is 109. The summed E-state index contributed by atoms with van der Waals surface area (Å²) in [5.41, 5.74) is -1.92. The Kier molecular flexibility index (Phi) is 6.91. The minimum Gasteiger partial charge on any atom is -0.206 e. The van der Waals surface area contributed by atoms with Gasteiger partial charge in [-0.3, -0.25) is 0 Å². The Balaban J connectivity index is 1.82. The third-order valence-corrected chi connectivity index (χ3v) is 5.11. The number of rotatable bonds is 6. The van der Waals surface area contributed by atoms with E-state index in [2.05, 4.69) is 0 Å². The van der Waals surface area contributed by atoms with Crippen LogP contribution in [0.15, 0.2) is 42.5 Å². The molecule has 0 atom stereocenters. The summed E-state index contributed by atoms with van der Waals surface area (Å²) >= 11 is 0. The molecule has 170 valence electrons. The summed E-state index contributed by atoms with van der Waals surface area (Å²) in [6.45, 7) is 1.84. The van der Waals surface area contributed by atoms with Crippen LogP contribution in [0.2, 0.25) is 0 Å². The standard InChI is InChI=1S/C24H18F8/c1-2-3-14-7-8-15(23(29)22(14)28)6-4-13-5-9-17(18(25)10-13)16-11-19(26)21(20(27)12-16)24(30,31)32/h5,7-12H,2-4,6H2,1H3. The molecule has 0 aromatic heterocycles. The summed E-state index contributed by atoms with van der Waals surface area (Å²) in [4.78, 5) is 0. The Labute approximate surface area is 179 Å². The van der Waals surface area contributed by atoms with Gasteiger partial charge in [0.2, 0.25) is 0 Å². The summed E-state index contributed by atoms with van der Waals surface area (Å²) in [5.74, 6) is -6.47. The zero-order valence-electron chi connectivity index (χ0n) is 16.9. The van der Waals surface area contributed by atoms with Crippen molar-refractivity contribution >= 4 is 0 Å². The van der Waals surface area contributed by atoms with Crippen LogP contribution in [0.5, 0.6) is 0 Å². The zero-order chi connectivity index (χ0) is 23.6. The van der Waals surface area contributed by atoms with E-state index in [-0.39, 0.29) is 29.5 Å². The van der Waals surface area contributed by atoms with Gasteiger partial charge in [0.05, 0.1) is 0 Å². The van der Waals surface area contributed by atoms with E-state index in [1.807, 2.05) is 6.92 Å². The lowest BCUT2D eigenvalue weighted by Crippen LogP contribution is -2.11. The Bertz CT molecular complexity index is 1110. The Morgan fingerprint density at radius 2 is 1.22 bits per heavy atom. The van der Waals surface area contributed by atoms with Crippen LogP contribution in [-0.4, -0.2) is 0 Å². The maximum absolute atomic E-state index is 14.5. The van der Waals surface area contributed by atoms with Crippen molar-refractivity contribution in [1.29, 1.82) is 0 Å². The molecule has 0 saturated heterocycles. The highest BCUT2D eigenvalue weighted by molar-refractivity contribution is 5.65. The molecule has 3 aromatic carbocycles. The van der Waals surface area contributed by atoms with Crippen LogP contribution >= 0.6 is 0 Å². The van der Waals surface area contributed by atoms with Crippen molar-refractivity contribution in [3.63, 3.8) is 0 Å². The maximum atomic E-state index is 14.5. The monoisotopic (exact) mass is 458 g/mol. The van der Waals surface area contributed by atoms with Gasteiger partial charge in [-0.1, -0.05) is 37.6 Å². The van der Waals surface area contributed by atoms with Crippen LogP contribution in [-0.2, 0) is 25.4 Å². The normalized spacial score (nSPS) is 11.8. The van der Waals surface area contributed by atoms with Crippen LogP contribution in [0.1, 0.15) is 35.6 Å². The fourth-order valence-corrected chi connectivity index (χ4v) is 3.51. The lowest BCUT2D eigenvalue weighted by molar-refractivity contribution is -0.142. The van der Waals surface area contributed by atoms with Gasteiger partial charge in [0.1, 0.15) is 23.0 Å². The summed E-state index contributed by atoms with van der Waals surface area (Å²) in [6.07, 6.45) is -3.93. The van der Waals surface area contributed by atoms with E-state index in [0.717, 1.165) is 6.07 Å². The third-order valence-electron chi connectivity index (χ3n) is 5.11. The molecule has 0 aliphatic rings. The van der Waals surface area contributed by atoms with Gasteiger partial charge < -0.3 is 0 Å². The molecular formula is C24H18F8. The van der Waals surface area contributed by atoms with E-state index in [4.69, 9.17) is 0 Å². The predicted octanol–water partition coefficient (Wildman–Crippen LogP) is 7.81. The molecule has 0 amide bonds. The quantitative estimate of drug-likeness (QED) is 0.331. The highest BCUT2D eigenvalue weighted by atomic mass is 19.4. The Morgan fingerprint density at radius 1 is 0.656 bits per heavy atom. The van der Waals surface area contributed by atoms with Gasteiger partial charge in [-0.25, -0.2) is 22.0 Å². The molecule has 32 heavy (non-hydrogen) atoms. The Morgan fingerprint density at radius 3 is 1.72 bits per heavy atom. The van der Waals surface area contributed by atoms with Gasteiger partial charge in [0.15, 0.2) is 11.6 Å². The van der Waals surface area contributed by atoms with E-state index >= 15 is 0 Å². The van der Waals surface area contributed by atoms with Gasteiger partial charge in [-0.05, 0) is 59.7 Å². The van der Waals surface area contributed by atoms with Gasteiger partial charge in [0.25, 0.3) is 0 Å². The zero-order valence-corrected chi connectivity index (χ0v) is 16.9. The van der Waals surface area contributed by atoms with Crippen LogP contribution in [0.3, 0.4) is 0 Å². The fraction of sp³-hybridized carbons (Fsp3) is 0.250. The minimum absolute atomic E-state index is 0.0808. The number of aryl methyl sites for hydroxylation is 3. The third kappa shape index (κ3) is 4.95. The van der Waals surface area contributed by atoms with Crippen LogP contribution < -0.4 is 0 Å². The first kappa shape index (κ1) is 23.8. The number of halogens is 8. The Hall–Kier alpha value is -2.90. The largest absolute Gasteiger partial charge is 0.422 e. The van der Waals surface area contributed by atoms with E-state index < -0.39 is 46.4 Å². The first-order chi connectivity index (χ1) is 15.0. The second-order valence-corrected chi connectivity index (χ2v) is 7.39. The first-order valence-corrected chi connectivity index (χ1v) is 9.83. The second-order valence-electron chi connectivity index (χ2n) is 7.39. The molecule has 3 aromatic rings. The molecule has 0 N–H and O–H groups in total. The second kappa shape index (κ2) is 9.30. The molecule has 0 bridgehead atoms. The molecule has 3 rings (SSSR count). The van der Waals surface area contributed by atoms with Crippen molar-refractivity contribution in [2.24, 2.45) is 0 Å². The molecule has 0 heterocycles. The molecule has 0 unspecified atom stereocenters. The molecule has 0 aliphatic carbocycles. The maximum Gasteiger partial charge on any atom is 0.422 e. The van der Waals surface area contributed by atoms with Gasteiger partial charge in [0, 0.05) is 5.56 Å². The molecule has 0 fully saturated rings. The summed E-state index contributed by atoms with van der Waals surface area (Å²) in [5, 5.41) is 0. The van der Waals surface area contributed by atoms with Crippen molar-refractivity contribution in [1.82, 2.24) is 0 Å². The molecule has 0 radical (unpaired) electrons. The highest BCUT2D eigenvalue weighted by Gasteiger charge is 2.38. The molecule has 0 saturated carbocycles. The van der Waals surface area contributed by atoms with Gasteiger partial charge in [-0.15, -0.1) is 0 Å². The topological polar surface area (TPSA) is 0 Å². The smallest absolute Gasteiger partial charge is 0.206 e. The lowest BCUT2D eigenvalue weighted by atomic mass is 9.97. The number of hydrogen-bond acceptors (Lipinski definition) is 0. The van der Waals surface area contributed by atoms with E-state index in [1.165, 1.54) is 24.3 Å². The first-order valence-electron chi connectivity index (χ1n) is 9.83. The number of benzene rings is 3. The number of hydrogen-bond donors (Lipinski definition) is 0. The minimum atomic E-state index is -5.22. The average molecular weight is 458 g/mol. The van der Waals surface area contributed by atoms with Crippen molar-refractivity contribution in [2.45, 2.75) is 38.8 Å². The van der Waals surface area contributed by atoms with Crippen molar-refractivity contribution in [3.8, 4) is 11.1 Å². The molecule has 0 spiro atoms. The molecular weight excluding hydrogens is 440 g/mol. The van der Waals surface area contributed by atoms with E-state index in [0.29, 0.717) is 30.5 Å². The molecule has 0 aliphatic heterocycles. The van der Waals surface area contributed by atoms with Crippen LogP contribution in [0.4, 0.5) is 35.1 Å². The van der Waals surface area contributed by atoms with Crippen molar-refractivity contribution in [3.05, 3.63) is 93.8 Å². The van der Waals surface area contributed by atoms with E-state index in [9.17, 15) is 35.1 Å². The van der Waals surface area contributed by atoms with Crippen LogP contribution in [0, 0.1) is 29.1 Å². The summed E-state index contributed by atoms with van der Waals surface area (Å²) in [7, 11) is 0. The predicted molar refractivity (Wildman–Crippen MR) is 105 cm³/mol. The SMILES string of the molecule is CCCc1ccc(CCc2ccc(-c3cc(F)c(C(F)(F)F)c(F)c3)c(F)c2)c(F)c1F. The highest BCUT2D eigenvalue weighted by Crippen LogP contribution is 2.36. The van der Waals surface area contributed by atoms with E-state index in [1.54, 1.807) is 0 Å².